The molecule has 3 aliphatic heterocycles. The van der Waals surface area contributed by atoms with Gasteiger partial charge in [0.2, 0.25) is 0 Å². The lowest BCUT2D eigenvalue weighted by molar-refractivity contribution is 0.0701. The van der Waals surface area contributed by atoms with Crippen LogP contribution in [0.5, 0.6) is 0 Å². The Morgan fingerprint density at radius 1 is 1.31 bits per heavy atom. The molecule has 4 rings (SSSR count). The zero-order chi connectivity index (χ0) is 10.9. The van der Waals surface area contributed by atoms with Crippen molar-refractivity contribution in [1.82, 2.24) is 0 Å². The van der Waals surface area contributed by atoms with Gasteiger partial charge in [-0.25, -0.2) is 0 Å². The van der Waals surface area contributed by atoms with E-state index in [0.717, 1.165) is 5.92 Å². The molecule has 3 heteroatoms. The van der Waals surface area contributed by atoms with Crippen LogP contribution in [-0.4, -0.2) is 28.7 Å². The highest BCUT2D eigenvalue weighted by atomic mass is 79.9. The van der Waals surface area contributed by atoms with Gasteiger partial charge in [-0.15, -0.1) is 0 Å². The standard InChI is InChI=1S/C13H19BrO2/c1-2-11-13(16-11,7-3-4-7)9-5-8-6-10(14)12(9)15-8/h7-12H,2-6H2,1H3. The van der Waals surface area contributed by atoms with E-state index < -0.39 is 0 Å². The minimum absolute atomic E-state index is 0.237. The summed E-state index contributed by atoms with van der Waals surface area (Å²) < 4.78 is 12.2. The molecule has 0 aromatic heterocycles. The molecule has 0 aromatic rings. The molecule has 90 valence electrons. The van der Waals surface area contributed by atoms with Crippen LogP contribution in [0.15, 0.2) is 0 Å². The van der Waals surface area contributed by atoms with E-state index >= 15 is 0 Å². The molecule has 0 amide bonds. The van der Waals surface area contributed by atoms with Crippen LogP contribution < -0.4 is 0 Å². The molecule has 3 heterocycles. The Bertz CT molecular complexity index is 317. The third-order valence-electron chi connectivity index (χ3n) is 5.07. The van der Waals surface area contributed by atoms with Gasteiger partial charge in [0, 0.05) is 10.7 Å². The van der Waals surface area contributed by atoms with Gasteiger partial charge in [0.15, 0.2) is 0 Å². The van der Waals surface area contributed by atoms with Crippen LogP contribution in [0.2, 0.25) is 0 Å². The van der Waals surface area contributed by atoms with E-state index in [1.54, 1.807) is 0 Å². The Balaban J connectivity index is 1.61. The van der Waals surface area contributed by atoms with E-state index in [0.29, 0.717) is 29.1 Å². The molecule has 2 bridgehead atoms. The molecule has 6 unspecified atom stereocenters. The zero-order valence-electron chi connectivity index (χ0n) is 9.69. The molecule has 0 aromatic carbocycles. The summed E-state index contributed by atoms with van der Waals surface area (Å²) >= 11 is 3.79. The Morgan fingerprint density at radius 3 is 2.62 bits per heavy atom. The molecule has 1 aliphatic carbocycles. The summed E-state index contributed by atoms with van der Waals surface area (Å²) in [6.07, 6.45) is 7.89. The quantitative estimate of drug-likeness (QED) is 0.588. The van der Waals surface area contributed by atoms with Crippen LogP contribution in [0.25, 0.3) is 0 Å². The maximum Gasteiger partial charge on any atom is 0.103 e. The molecule has 0 spiro atoms. The van der Waals surface area contributed by atoms with Crippen molar-refractivity contribution in [2.75, 3.05) is 0 Å². The number of halogens is 1. The molecule has 4 aliphatic rings. The minimum Gasteiger partial charge on any atom is -0.373 e. The molecular weight excluding hydrogens is 268 g/mol. The summed E-state index contributed by atoms with van der Waals surface area (Å²) in [4.78, 5) is 0.577. The van der Waals surface area contributed by atoms with Crippen molar-refractivity contribution in [1.29, 1.82) is 0 Å². The van der Waals surface area contributed by atoms with Gasteiger partial charge in [-0.2, -0.15) is 0 Å². The largest absolute Gasteiger partial charge is 0.373 e. The van der Waals surface area contributed by atoms with Crippen molar-refractivity contribution in [3.05, 3.63) is 0 Å². The second-order valence-corrected chi connectivity index (χ2v) is 7.14. The number of ether oxygens (including phenoxy) is 2. The van der Waals surface area contributed by atoms with E-state index in [9.17, 15) is 0 Å². The van der Waals surface area contributed by atoms with E-state index in [1.165, 1.54) is 32.1 Å². The van der Waals surface area contributed by atoms with Crippen molar-refractivity contribution in [3.8, 4) is 0 Å². The summed E-state index contributed by atoms with van der Waals surface area (Å²) in [5, 5.41) is 0. The van der Waals surface area contributed by atoms with Crippen molar-refractivity contribution < 1.29 is 9.47 Å². The van der Waals surface area contributed by atoms with Crippen LogP contribution in [0.1, 0.15) is 39.0 Å². The van der Waals surface area contributed by atoms with Crippen LogP contribution >= 0.6 is 15.9 Å². The van der Waals surface area contributed by atoms with Crippen molar-refractivity contribution in [2.24, 2.45) is 11.8 Å². The van der Waals surface area contributed by atoms with E-state index in [4.69, 9.17) is 9.47 Å². The summed E-state index contributed by atoms with van der Waals surface area (Å²) in [5.41, 5.74) is 0.237. The van der Waals surface area contributed by atoms with Crippen molar-refractivity contribution in [3.63, 3.8) is 0 Å². The van der Waals surface area contributed by atoms with Crippen molar-refractivity contribution in [2.45, 2.75) is 67.8 Å². The van der Waals surface area contributed by atoms with Crippen LogP contribution in [-0.2, 0) is 9.47 Å². The first-order valence-corrected chi connectivity index (χ1v) is 7.64. The van der Waals surface area contributed by atoms with E-state index in [2.05, 4.69) is 22.9 Å². The number of alkyl halides is 1. The van der Waals surface area contributed by atoms with Gasteiger partial charge in [-0.3, -0.25) is 0 Å². The number of hydrogen-bond acceptors (Lipinski definition) is 2. The van der Waals surface area contributed by atoms with Crippen molar-refractivity contribution >= 4 is 15.9 Å². The summed E-state index contributed by atoms with van der Waals surface area (Å²) in [6.45, 7) is 2.26. The zero-order valence-corrected chi connectivity index (χ0v) is 11.3. The lowest BCUT2D eigenvalue weighted by Crippen LogP contribution is -2.40. The van der Waals surface area contributed by atoms with Gasteiger partial charge in [-0.1, -0.05) is 22.9 Å². The number of hydrogen-bond donors (Lipinski definition) is 0. The lowest BCUT2D eigenvalue weighted by Gasteiger charge is -2.29. The molecule has 2 nitrogen and oxygen atoms in total. The molecule has 0 radical (unpaired) electrons. The highest BCUT2D eigenvalue weighted by Gasteiger charge is 2.71. The second-order valence-electron chi connectivity index (χ2n) is 5.96. The summed E-state index contributed by atoms with van der Waals surface area (Å²) in [7, 11) is 0. The predicted octanol–water partition coefficient (Wildman–Crippen LogP) is 2.88. The Labute approximate surface area is 105 Å². The summed E-state index contributed by atoms with van der Waals surface area (Å²) in [6, 6.07) is 0. The first-order valence-electron chi connectivity index (χ1n) is 6.73. The highest BCUT2D eigenvalue weighted by molar-refractivity contribution is 9.09. The van der Waals surface area contributed by atoms with Crippen LogP contribution in [0.4, 0.5) is 0 Å². The molecular formula is C13H19BrO2. The van der Waals surface area contributed by atoms with Gasteiger partial charge in [-0.05, 0) is 38.0 Å². The number of fused-ring (bicyclic) bond motifs is 2. The van der Waals surface area contributed by atoms with Crippen LogP contribution in [0.3, 0.4) is 0 Å². The Morgan fingerprint density at radius 2 is 2.12 bits per heavy atom. The Kier molecular flexibility index (Phi) is 2.09. The molecule has 0 N–H and O–H groups in total. The number of rotatable bonds is 3. The number of epoxide rings is 1. The maximum atomic E-state index is 6.16. The first-order chi connectivity index (χ1) is 7.75. The monoisotopic (exact) mass is 286 g/mol. The van der Waals surface area contributed by atoms with E-state index in [-0.39, 0.29) is 5.60 Å². The third kappa shape index (κ3) is 1.20. The minimum atomic E-state index is 0.237. The van der Waals surface area contributed by atoms with Gasteiger partial charge in [0.25, 0.3) is 0 Å². The van der Waals surface area contributed by atoms with E-state index in [1.807, 2.05) is 0 Å². The predicted molar refractivity (Wildman–Crippen MR) is 64.7 cm³/mol. The van der Waals surface area contributed by atoms with Gasteiger partial charge in [0.05, 0.1) is 18.3 Å². The fraction of sp³-hybridized carbons (Fsp3) is 1.00. The first kappa shape index (κ1) is 10.3. The van der Waals surface area contributed by atoms with Gasteiger partial charge >= 0.3 is 0 Å². The fourth-order valence-electron chi connectivity index (χ4n) is 4.24. The average Bonchev–Trinajstić information content (AvgIpc) is 3.15. The topological polar surface area (TPSA) is 21.8 Å². The summed E-state index contributed by atoms with van der Waals surface area (Å²) in [5.74, 6) is 1.53. The molecule has 1 saturated carbocycles. The smallest absolute Gasteiger partial charge is 0.103 e. The lowest BCUT2D eigenvalue weighted by atomic mass is 9.75. The Hall–Kier alpha value is 0.400. The normalized spacial score (nSPS) is 59.2. The van der Waals surface area contributed by atoms with Gasteiger partial charge in [0.1, 0.15) is 5.60 Å². The fourth-order valence-corrected chi connectivity index (χ4v) is 5.15. The molecule has 6 atom stereocenters. The second kappa shape index (κ2) is 3.24. The molecule has 16 heavy (non-hydrogen) atoms. The SMILES string of the molecule is CCC1OC1(C1CC1)C1CC2CC(Br)C1O2. The van der Waals surface area contributed by atoms with Gasteiger partial charge < -0.3 is 9.47 Å². The third-order valence-corrected chi connectivity index (χ3v) is 5.96. The maximum absolute atomic E-state index is 6.16. The average molecular weight is 287 g/mol. The highest BCUT2D eigenvalue weighted by Crippen LogP contribution is 2.64. The molecule has 3 saturated heterocycles. The van der Waals surface area contributed by atoms with Crippen LogP contribution in [0, 0.1) is 11.8 Å². The molecule has 4 fully saturated rings.